The molecule has 7 heteroatoms. The Morgan fingerprint density at radius 3 is 2.41 bits per heavy atom. The van der Waals surface area contributed by atoms with E-state index in [1.165, 1.54) is 20.0 Å². The van der Waals surface area contributed by atoms with E-state index in [2.05, 4.69) is 5.32 Å². The van der Waals surface area contributed by atoms with Crippen molar-refractivity contribution in [3.8, 4) is 0 Å². The molecule has 1 atom stereocenters. The zero-order valence-corrected chi connectivity index (χ0v) is 13.4. The maximum atomic E-state index is 11.6. The maximum Gasteiger partial charge on any atom is 0.331 e. The van der Waals surface area contributed by atoms with Gasteiger partial charge in [-0.15, -0.1) is 11.8 Å². The van der Waals surface area contributed by atoms with Gasteiger partial charge in [0.15, 0.2) is 6.10 Å². The fourth-order valence-corrected chi connectivity index (χ4v) is 1.83. The molecule has 3 amide bonds. The molecule has 0 saturated carbocycles. The summed E-state index contributed by atoms with van der Waals surface area (Å²) in [5, 5.41) is 4.26. The zero-order valence-electron chi connectivity index (χ0n) is 12.6. The minimum absolute atomic E-state index is 0.655. The molecule has 118 valence electrons. The molecule has 0 heterocycles. The maximum absolute atomic E-state index is 11.6. The average molecular weight is 322 g/mol. The van der Waals surface area contributed by atoms with E-state index in [9.17, 15) is 14.4 Å². The second-order valence-corrected chi connectivity index (χ2v) is 5.13. The molecule has 0 aliphatic rings. The van der Waals surface area contributed by atoms with Crippen molar-refractivity contribution < 1.29 is 19.1 Å². The summed E-state index contributed by atoms with van der Waals surface area (Å²) < 4.78 is 4.90. The fourth-order valence-electron chi connectivity index (χ4n) is 1.42. The summed E-state index contributed by atoms with van der Waals surface area (Å²) in [7, 11) is 1.38. The Labute approximate surface area is 133 Å². The third-order valence-corrected chi connectivity index (χ3v) is 3.40. The second kappa shape index (κ2) is 8.89. The monoisotopic (exact) mass is 322 g/mol. The van der Waals surface area contributed by atoms with Gasteiger partial charge in [-0.3, -0.25) is 10.1 Å². The van der Waals surface area contributed by atoms with Crippen LogP contribution >= 0.6 is 11.8 Å². The number of ether oxygens (including phenoxy) is 1. The van der Waals surface area contributed by atoms with Gasteiger partial charge in [-0.05, 0) is 37.0 Å². The first-order chi connectivity index (χ1) is 10.5. The van der Waals surface area contributed by atoms with Crippen LogP contribution in [0.15, 0.2) is 35.2 Å². The molecular formula is C15H18N2O4S. The molecule has 0 aliphatic heterocycles. The van der Waals surface area contributed by atoms with E-state index in [4.69, 9.17) is 4.74 Å². The predicted molar refractivity (Wildman–Crippen MR) is 85.4 cm³/mol. The number of esters is 1. The van der Waals surface area contributed by atoms with Crippen LogP contribution in [0.25, 0.3) is 6.08 Å². The van der Waals surface area contributed by atoms with E-state index in [0.717, 1.165) is 10.5 Å². The highest BCUT2D eigenvalue weighted by molar-refractivity contribution is 7.98. The predicted octanol–water partition coefficient (Wildman–Crippen LogP) is 1.81. The summed E-state index contributed by atoms with van der Waals surface area (Å²) in [6.07, 6.45) is 3.74. The van der Waals surface area contributed by atoms with Crippen molar-refractivity contribution in [1.29, 1.82) is 0 Å². The van der Waals surface area contributed by atoms with Gasteiger partial charge in [0.25, 0.3) is 5.91 Å². The van der Waals surface area contributed by atoms with Crippen molar-refractivity contribution in [2.45, 2.75) is 17.9 Å². The number of rotatable bonds is 5. The van der Waals surface area contributed by atoms with Gasteiger partial charge in [0.2, 0.25) is 0 Å². The molecule has 22 heavy (non-hydrogen) atoms. The number of carbonyl (C=O) groups excluding carboxylic acids is 3. The largest absolute Gasteiger partial charge is 0.449 e. The lowest BCUT2D eigenvalue weighted by Gasteiger charge is -2.11. The van der Waals surface area contributed by atoms with Crippen LogP contribution in [0.5, 0.6) is 0 Å². The van der Waals surface area contributed by atoms with Gasteiger partial charge in [-0.2, -0.15) is 0 Å². The molecule has 1 aromatic carbocycles. The quantitative estimate of drug-likeness (QED) is 0.491. The van der Waals surface area contributed by atoms with Gasteiger partial charge in [-0.25, -0.2) is 9.59 Å². The normalized spacial score (nSPS) is 11.8. The number of hydrogen-bond donors (Lipinski definition) is 2. The molecule has 0 aliphatic carbocycles. The number of amides is 3. The van der Waals surface area contributed by atoms with Crippen molar-refractivity contribution in [2.75, 3.05) is 13.3 Å². The van der Waals surface area contributed by atoms with E-state index < -0.39 is 24.0 Å². The molecule has 0 saturated heterocycles. The molecule has 2 N–H and O–H groups in total. The lowest BCUT2D eigenvalue weighted by Crippen LogP contribution is -2.43. The summed E-state index contributed by atoms with van der Waals surface area (Å²) in [5.74, 6) is -1.35. The number of nitrogens with one attached hydrogen (secondary N) is 2. The summed E-state index contributed by atoms with van der Waals surface area (Å²) >= 11 is 1.63. The smallest absolute Gasteiger partial charge is 0.331 e. The van der Waals surface area contributed by atoms with Crippen LogP contribution in [0.2, 0.25) is 0 Å². The van der Waals surface area contributed by atoms with E-state index in [0.29, 0.717) is 0 Å². The average Bonchev–Trinajstić information content (AvgIpc) is 2.53. The first kappa shape index (κ1) is 17.8. The number of imide groups is 1. The number of urea groups is 1. The Hall–Kier alpha value is -2.28. The molecule has 1 aromatic rings. The minimum Gasteiger partial charge on any atom is -0.449 e. The van der Waals surface area contributed by atoms with Crippen LogP contribution in [-0.2, 0) is 14.3 Å². The van der Waals surface area contributed by atoms with E-state index in [1.807, 2.05) is 35.8 Å². The van der Waals surface area contributed by atoms with Crippen molar-refractivity contribution in [3.63, 3.8) is 0 Å². The third kappa shape index (κ3) is 6.01. The molecule has 0 unspecified atom stereocenters. The molecule has 0 bridgehead atoms. The van der Waals surface area contributed by atoms with Crippen molar-refractivity contribution in [3.05, 3.63) is 35.9 Å². The third-order valence-electron chi connectivity index (χ3n) is 2.65. The number of benzene rings is 1. The lowest BCUT2D eigenvalue weighted by atomic mass is 10.2. The Morgan fingerprint density at radius 1 is 1.23 bits per heavy atom. The first-order valence-electron chi connectivity index (χ1n) is 6.51. The number of hydrogen-bond acceptors (Lipinski definition) is 5. The Bertz CT molecular complexity index is 569. The molecular weight excluding hydrogens is 304 g/mol. The minimum atomic E-state index is -1.06. The lowest BCUT2D eigenvalue weighted by molar-refractivity contribution is -0.149. The number of thioether (sulfide) groups is 1. The summed E-state index contributed by atoms with van der Waals surface area (Å²) in [6.45, 7) is 1.39. The Kier molecular flexibility index (Phi) is 7.18. The highest BCUT2D eigenvalue weighted by Crippen LogP contribution is 2.15. The highest BCUT2D eigenvalue weighted by atomic mass is 32.2. The van der Waals surface area contributed by atoms with Gasteiger partial charge < -0.3 is 10.1 Å². The molecule has 0 radical (unpaired) electrons. The van der Waals surface area contributed by atoms with Crippen molar-refractivity contribution >= 4 is 35.7 Å². The molecule has 0 fully saturated rings. The van der Waals surface area contributed by atoms with Crippen LogP contribution in [0.1, 0.15) is 12.5 Å². The van der Waals surface area contributed by atoms with Crippen LogP contribution in [0, 0.1) is 0 Å². The second-order valence-electron chi connectivity index (χ2n) is 4.25. The first-order valence-corrected chi connectivity index (χ1v) is 7.74. The van der Waals surface area contributed by atoms with Gasteiger partial charge >= 0.3 is 12.0 Å². The van der Waals surface area contributed by atoms with Crippen LogP contribution in [0.4, 0.5) is 4.79 Å². The molecule has 1 rings (SSSR count). The van der Waals surface area contributed by atoms with Gasteiger partial charge in [0.1, 0.15) is 0 Å². The zero-order chi connectivity index (χ0) is 16.5. The van der Waals surface area contributed by atoms with Crippen molar-refractivity contribution in [1.82, 2.24) is 10.6 Å². The van der Waals surface area contributed by atoms with Gasteiger partial charge in [-0.1, -0.05) is 12.1 Å². The Balaban J connectivity index is 2.52. The summed E-state index contributed by atoms with van der Waals surface area (Å²) in [4.78, 5) is 35.2. The van der Waals surface area contributed by atoms with E-state index >= 15 is 0 Å². The van der Waals surface area contributed by atoms with Gasteiger partial charge in [0, 0.05) is 18.0 Å². The molecule has 0 spiro atoms. The summed E-state index contributed by atoms with van der Waals surface area (Å²) in [5.41, 5.74) is 0.845. The van der Waals surface area contributed by atoms with Crippen LogP contribution in [0.3, 0.4) is 0 Å². The number of carbonyl (C=O) groups is 3. The molecule has 0 aromatic heterocycles. The van der Waals surface area contributed by atoms with E-state index in [-0.39, 0.29) is 0 Å². The Morgan fingerprint density at radius 2 is 1.86 bits per heavy atom. The highest BCUT2D eigenvalue weighted by Gasteiger charge is 2.18. The van der Waals surface area contributed by atoms with Crippen molar-refractivity contribution in [2.24, 2.45) is 0 Å². The fraction of sp³-hybridized carbons (Fsp3) is 0.267. The topological polar surface area (TPSA) is 84.5 Å². The standard InChI is InChI=1S/C15H18N2O4S/c1-10(14(19)17-15(20)16-2)21-13(18)9-6-11-4-7-12(22-3)8-5-11/h4-10H,1-3H3,(H2,16,17,19,20)/b9-6+/t10-/m0/s1. The molecule has 6 nitrogen and oxygen atoms in total. The SMILES string of the molecule is CNC(=O)NC(=O)[C@H](C)OC(=O)/C=C/c1ccc(SC)cc1. The van der Waals surface area contributed by atoms with E-state index in [1.54, 1.807) is 17.8 Å². The van der Waals surface area contributed by atoms with Crippen LogP contribution in [-0.4, -0.2) is 37.3 Å². The van der Waals surface area contributed by atoms with Crippen LogP contribution < -0.4 is 10.6 Å². The summed E-state index contributed by atoms with van der Waals surface area (Å²) in [6, 6.07) is 6.97. The van der Waals surface area contributed by atoms with Gasteiger partial charge in [0.05, 0.1) is 0 Å².